The molecule has 0 spiro atoms. The molecule has 0 aliphatic carbocycles. The molecular weight excluding hydrogens is 506 g/mol. The SMILES string of the molecule is C[C@@H](C(=O)NC(C)(C)C)N(Cc1cccc(Cl)c1)C(=O)CN(c1ccc2c(c1)OCCO2)S(C)(=O)=O. The summed E-state index contributed by atoms with van der Waals surface area (Å²) in [6.45, 7) is 7.42. The van der Waals surface area contributed by atoms with E-state index in [1.165, 1.54) is 11.0 Å². The van der Waals surface area contributed by atoms with E-state index in [1.807, 2.05) is 20.8 Å². The maximum absolute atomic E-state index is 13.6. The van der Waals surface area contributed by atoms with Crippen molar-refractivity contribution in [3.05, 3.63) is 53.1 Å². The highest BCUT2D eigenvalue weighted by Crippen LogP contribution is 2.34. The molecular formula is C25H32ClN3O6S. The number of halogens is 1. The summed E-state index contributed by atoms with van der Waals surface area (Å²) in [6.07, 6.45) is 1.02. The number of anilines is 1. The summed E-state index contributed by atoms with van der Waals surface area (Å²) in [6, 6.07) is 10.8. The van der Waals surface area contributed by atoms with Gasteiger partial charge in [0, 0.05) is 23.2 Å². The first-order valence-corrected chi connectivity index (χ1v) is 13.7. The second kappa shape index (κ2) is 11.0. The van der Waals surface area contributed by atoms with Gasteiger partial charge in [0.2, 0.25) is 21.8 Å². The quantitative estimate of drug-likeness (QED) is 0.554. The highest BCUT2D eigenvalue weighted by molar-refractivity contribution is 7.92. The summed E-state index contributed by atoms with van der Waals surface area (Å²) in [5.41, 5.74) is 0.446. The van der Waals surface area contributed by atoms with Gasteiger partial charge in [-0.15, -0.1) is 0 Å². The van der Waals surface area contributed by atoms with Crippen LogP contribution in [-0.4, -0.2) is 62.7 Å². The van der Waals surface area contributed by atoms with Crippen LogP contribution < -0.4 is 19.1 Å². The summed E-state index contributed by atoms with van der Waals surface area (Å²) in [7, 11) is -3.86. The second-order valence-electron chi connectivity index (χ2n) is 9.66. The normalized spacial score (nSPS) is 14.1. The number of nitrogens with zero attached hydrogens (tertiary/aromatic N) is 2. The average Bonchev–Trinajstić information content (AvgIpc) is 2.78. The number of rotatable bonds is 8. The molecule has 0 bridgehead atoms. The second-order valence-corrected chi connectivity index (χ2v) is 12.0. The number of sulfonamides is 1. The molecule has 0 saturated carbocycles. The molecule has 0 fully saturated rings. The van der Waals surface area contributed by atoms with Crippen LogP contribution >= 0.6 is 11.6 Å². The smallest absolute Gasteiger partial charge is 0.244 e. The molecule has 11 heteroatoms. The first-order chi connectivity index (χ1) is 16.7. The first-order valence-electron chi connectivity index (χ1n) is 11.5. The molecule has 1 aliphatic rings. The Morgan fingerprint density at radius 1 is 1.08 bits per heavy atom. The van der Waals surface area contributed by atoms with E-state index in [4.69, 9.17) is 21.1 Å². The summed E-state index contributed by atoms with van der Waals surface area (Å²) in [4.78, 5) is 27.9. The molecule has 196 valence electrons. The Hall–Kier alpha value is -2.98. The third-order valence-electron chi connectivity index (χ3n) is 5.40. The van der Waals surface area contributed by atoms with Crippen LogP contribution in [0.5, 0.6) is 11.5 Å². The van der Waals surface area contributed by atoms with Crippen molar-refractivity contribution in [2.24, 2.45) is 0 Å². The van der Waals surface area contributed by atoms with Gasteiger partial charge >= 0.3 is 0 Å². The zero-order valence-corrected chi connectivity index (χ0v) is 22.6. The lowest BCUT2D eigenvalue weighted by Gasteiger charge is -2.33. The Bertz CT molecular complexity index is 1230. The number of carbonyl (C=O) groups excluding carboxylic acids is 2. The van der Waals surface area contributed by atoms with Crippen LogP contribution in [0.2, 0.25) is 5.02 Å². The number of benzene rings is 2. The Kier molecular flexibility index (Phi) is 8.40. The van der Waals surface area contributed by atoms with Crippen molar-refractivity contribution in [3.8, 4) is 11.5 Å². The summed E-state index contributed by atoms with van der Waals surface area (Å²) in [5, 5.41) is 3.37. The zero-order chi connectivity index (χ0) is 26.7. The minimum atomic E-state index is -3.86. The molecule has 2 aromatic carbocycles. The molecule has 2 amide bonds. The monoisotopic (exact) mass is 537 g/mol. The number of carbonyl (C=O) groups is 2. The van der Waals surface area contributed by atoms with Gasteiger partial charge in [0.1, 0.15) is 25.8 Å². The minimum Gasteiger partial charge on any atom is -0.486 e. The van der Waals surface area contributed by atoms with Crippen molar-refractivity contribution in [1.82, 2.24) is 10.2 Å². The van der Waals surface area contributed by atoms with Crippen LogP contribution in [0.1, 0.15) is 33.3 Å². The van der Waals surface area contributed by atoms with E-state index in [2.05, 4.69) is 5.32 Å². The summed E-state index contributed by atoms with van der Waals surface area (Å²) in [5.74, 6) is -0.0108. The lowest BCUT2D eigenvalue weighted by molar-refractivity contribution is -0.140. The van der Waals surface area contributed by atoms with E-state index in [-0.39, 0.29) is 18.1 Å². The van der Waals surface area contributed by atoms with Gasteiger partial charge in [-0.2, -0.15) is 0 Å². The van der Waals surface area contributed by atoms with Gasteiger partial charge in [0.25, 0.3) is 0 Å². The van der Waals surface area contributed by atoms with E-state index in [0.717, 1.165) is 10.6 Å². The highest BCUT2D eigenvalue weighted by Gasteiger charge is 2.32. The summed E-state index contributed by atoms with van der Waals surface area (Å²) >= 11 is 6.13. The number of hydrogen-bond donors (Lipinski definition) is 1. The fourth-order valence-corrected chi connectivity index (χ4v) is 4.74. The van der Waals surface area contributed by atoms with Gasteiger partial charge < -0.3 is 19.7 Å². The number of fused-ring (bicyclic) bond motifs is 1. The standard InChI is InChI=1S/C25H32ClN3O6S/c1-17(24(31)27-25(2,3)4)28(15-18-7-6-8-19(26)13-18)23(30)16-29(36(5,32)33)20-9-10-21-22(14-20)35-12-11-34-21/h6-10,13-14,17H,11-12,15-16H2,1-5H3,(H,27,31)/t17-/m0/s1. The molecule has 2 aromatic rings. The van der Waals surface area contributed by atoms with E-state index in [0.29, 0.717) is 35.3 Å². The van der Waals surface area contributed by atoms with Crippen LogP contribution in [0.25, 0.3) is 0 Å². The Labute approximate surface area is 217 Å². The van der Waals surface area contributed by atoms with Gasteiger partial charge in [-0.05, 0) is 57.5 Å². The predicted molar refractivity (Wildman–Crippen MR) is 139 cm³/mol. The average molecular weight is 538 g/mol. The van der Waals surface area contributed by atoms with E-state index in [9.17, 15) is 18.0 Å². The fourth-order valence-electron chi connectivity index (χ4n) is 3.69. The largest absolute Gasteiger partial charge is 0.486 e. The molecule has 3 rings (SSSR count). The van der Waals surface area contributed by atoms with Crippen molar-refractivity contribution in [3.63, 3.8) is 0 Å². The Balaban J connectivity index is 1.93. The van der Waals surface area contributed by atoms with Gasteiger partial charge in [-0.3, -0.25) is 13.9 Å². The molecule has 0 saturated heterocycles. The molecule has 1 aliphatic heterocycles. The van der Waals surface area contributed by atoms with Crippen molar-refractivity contribution < 1.29 is 27.5 Å². The molecule has 1 atom stereocenters. The molecule has 0 aromatic heterocycles. The molecule has 0 unspecified atom stereocenters. The van der Waals surface area contributed by atoms with Gasteiger partial charge in [-0.25, -0.2) is 8.42 Å². The highest BCUT2D eigenvalue weighted by atomic mass is 35.5. The maximum Gasteiger partial charge on any atom is 0.244 e. The number of hydrogen-bond acceptors (Lipinski definition) is 6. The van der Waals surface area contributed by atoms with Crippen molar-refractivity contribution in [2.75, 3.05) is 30.3 Å². The third-order valence-corrected chi connectivity index (χ3v) is 6.78. The van der Waals surface area contributed by atoms with E-state index in [1.54, 1.807) is 43.3 Å². The lowest BCUT2D eigenvalue weighted by Crippen LogP contribution is -2.54. The predicted octanol–water partition coefficient (Wildman–Crippen LogP) is 3.21. The van der Waals surface area contributed by atoms with Crippen LogP contribution in [0.4, 0.5) is 5.69 Å². The van der Waals surface area contributed by atoms with Gasteiger partial charge in [-0.1, -0.05) is 23.7 Å². The van der Waals surface area contributed by atoms with Crippen LogP contribution in [0, 0.1) is 0 Å². The molecule has 1 heterocycles. The molecule has 36 heavy (non-hydrogen) atoms. The van der Waals surface area contributed by atoms with Crippen molar-refractivity contribution in [2.45, 2.75) is 45.8 Å². The van der Waals surface area contributed by atoms with Gasteiger partial charge in [0.05, 0.1) is 11.9 Å². The summed E-state index contributed by atoms with van der Waals surface area (Å²) < 4.78 is 37.6. The molecule has 9 nitrogen and oxygen atoms in total. The number of nitrogens with one attached hydrogen (secondary N) is 1. The van der Waals surface area contributed by atoms with E-state index >= 15 is 0 Å². The zero-order valence-electron chi connectivity index (χ0n) is 21.1. The topological polar surface area (TPSA) is 105 Å². The van der Waals surface area contributed by atoms with Gasteiger partial charge in [0.15, 0.2) is 11.5 Å². The van der Waals surface area contributed by atoms with Crippen molar-refractivity contribution >= 4 is 39.1 Å². The Morgan fingerprint density at radius 2 is 1.75 bits per heavy atom. The minimum absolute atomic E-state index is 0.0663. The number of amides is 2. The third kappa shape index (κ3) is 7.27. The molecule has 0 radical (unpaired) electrons. The van der Waals surface area contributed by atoms with Crippen molar-refractivity contribution in [1.29, 1.82) is 0 Å². The van der Waals surface area contributed by atoms with Crippen LogP contribution in [-0.2, 0) is 26.2 Å². The lowest BCUT2D eigenvalue weighted by atomic mass is 10.1. The van der Waals surface area contributed by atoms with E-state index < -0.39 is 34.1 Å². The van der Waals surface area contributed by atoms with Crippen LogP contribution in [0.3, 0.4) is 0 Å². The number of ether oxygens (including phenoxy) is 2. The Morgan fingerprint density at radius 3 is 2.36 bits per heavy atom. The fraction of sp³-hybridized carbons (Fsp3) is 0.440. The van der Waals surface area contributed by atoms with Crippen LogP contribution in [0.15, 0.2) is 42.5 Å². The molecule has 1 N–H and O–H groups in total. The maximum atomic E-state index is 13.6. The first kappa shape index (κ1) is 27.6.